The Morgan fingerprint density at radius 1 is 1.33 bits per heavy atom. The van der Waals surface area contributed by atoms with E-state index in [0.717, 1.165) is 42.5 Å². The van der Waals surface area contributed by atoms with E-state index < -0.39 is 0 Å². The minimum absolute atomic E-state index is 0.223. The standard InChI is InChI=1S/C13H15FN4/c14-9-1-2-10-11(5-9)17-13(16-10)18-4-3-8-6-15-7-12(8)18/h1-2,5,8,12,15H,3-4,6-7H2,(H,16,17)/t8-,12+/m0/s1. The van der Waals surface area contributed by atoms with Gasteiger partial charge in [-0.2, -0.15) is 0 Å². The van der Waals surface area contributed by atoms with Crippen LogP contribution in [0.3, 0.4) is 0 Å². The van der Waals surface area contributed by atoms with Crippen LogP contribution in [0.1, 0.15) is 6.42 Å². The second-order valence-corrected chi connectivity index (χ2v) is 5.19. The molecule has 2 saturated heterocycles. The molecule has 4 nitrogen and oxygen atoms in total. The van der Waals surface area contributed by atoms with E-state index in [1.807, 2.05) is 0 Å². The minimum atomic E-state index is -0.223. The van der Waals surface area contributed by atoms with E-state index in [2.05, 4.69) is 20.2 Å². The zero-order chi connectivity index (χ0) is 12.1. The van der Waals surface area contributed by atoms with Crippen LogP contribution in [0.5, 0.6) is 0 Å². The summed E-state index contributed by atoms with van der Waals surface area (Å²) in [6.07, 6.45) is 1.21. The lowest BCUT2D eigenvalue weighted by molar-refractivity contribution is 0.576. The van der Waals surface area contributed by atoms with Crippen LogP contribution in [-0.4, -0.2) is 35.6 Å². The number of fused-ring (bicyclic) bond motifs is 2. The molecule has 0 bridgehead atoms. The van der Waals surface area contributed by atoms with Gasteiger partial charge in [0.25, 0.3) is 0 Å². The Labute approximate surface area is 104 Å². The molecule has 2 N–H and O–H groups in total. The first kappa shape index (κ1) is 10.3. The summed E-state index contributed by atoms with van der Waals surface area (Å²) >= 11 is 0. The minimum Gasteiger partial charge on any atom is -0.338 e. The Morgan fingerprint density at radius 3 is 3.22 bits per heavy atom. The van der Waals surface area contributed by atoms with Gasteiger partial charge in [-0.15, -0.1) is 0 Å². The molecular weight excluding hydrogens is 231 g/mol. The van der Waals surface area contributed by atoms with Gasteiger partial charge in [0, 0.05) is 25.7 Å². The van der Waals surface area contributed by atoms with E-state index in [0.29, 0.717) is 6.04 Å². The predicted molar refractivity (Wildman–Crippen MR) is 68.2 cm³/mol. The molecule has 2 atom stereocenters. The molecule has 0 saturated carbocycles. The van der Waals surface area contributed by atoms with Gasteiger partial charge in [-0.05, 0) is 30.5 Å². The molecule has 1 aromatic heterocycles. The number of H-pyrrole nitrogens is 1. The average Bonchev–Trinajstić information content (AvgIpc) is 3.00. The molecule has 0 radical (unpaired) electrons. The van der Waals surface area contributed by atoms with E-state index >= 15 is 0 Å². The topological polar surface area (TPSA) is 44.0 Å². The summed E-state index contributed by atoms with van der Waals surface area (Å²) in [7, 11) is 0. The van der Waals surface area contributed by atoms with Gasteiger partial charge in [0.2, 0.25) is 5.95 Å². The SMILES string of the molecule is Fc1ccc2nc(N3CC[C@H]4CNC[C@H]43)[nH]c2c1. The Hall–Kier alpha value is -1.62. The number of aromatic amines is 1. The van der Waals surface area contributed by atoms with Gasteiger partial charge >= 0.3 is 0 Å². The van der Waals surface area contributed by atoms with Crippen molar-refractivity contribution in [2.75, 3.05) is 24.5 Å². The third-order valence-corrected chi connectivity index (χ3v) is 4.15. The number of nitrogens with zero attached hydrogens (tertiary/aromatic N) is 2. The summed E-state index contributed by atoms with van der Waals surface area (Å²) in [4.78, 5) is 10.1. The molecule has 2 aliphatic heterocycles. The van der Waals surface area contributed by atoms with Crippen LogP contribution in [0.2, 0.25) is 0 Å². The Balaban J connectivity index is 1.74. The first-order chi connectivity index (χ1) is 8.81. The van der Waals surface area contributed by atoms with Gasteiger partial charge in [-0.25, -0.2) is 9.37 Å². The largest absolute Gasteiger partial charge is 0.338 e. The molecule has 4 rings (SSSR count). The molecule has 94 valence electrons. The number of aromatic nitrogens is 2. The maximum absolute atomic E-state index is 13.2. The first-order valence-electron chi connectivity index (χ1n) is 6.44. The normalized spacial score (nSPS) is 27.1. The third kappa shape index (κ3) is 1.43. The van der Waals surface area contributed by atoms with Crippen LogP contribution >= 0.6 is 0 Å². The van der Waals surface area contributed by atoms with Crippen LogP contribution in [0.25, 0.3) is 11.0 Å². The Kier molecular flexibility index (Phi) is 2.11. The third-order valence-electron chi connectivity index (χ3n) is 4.15. The second-order valence-electron chi connectivity index (χ2n) is 5.19. The summed E-state index contributed by atoms with van der Waals surface area (Å²) in [5.41, 5.74) is 1.61. The van der Waals surface area contributed by atoms with E-state index in [-0.39, 0.29) is 5.82 Å². The number of rotatable bonds is 1. The number of imidazole rings is 1. The monoisotopic (exact) mass is 246 g/mol. The van der Waals surface area contributed by atoms with Crippen molar-refractivity contribution in [3.63, 3.8) is 0 Å². The van der Waals surface area contributed by atoms with Crippen LogP contribution in [0, 0.1) is 11.7 Å². The van der Waals surface area contributed by atoms with Gasteiger partial charge in [-0.1, -0.05) is 0 Å². The van der Waals surface area contributed by atoms with Crippen molar-refractivity contribution in [2.45, 2.75) is 12.5 Å². The molecule has 1 aromatic carbocycles. The number of hydrogen-bond donors (Lipinski definition) is 2. The molecule has 5 heteroatoms. The maximum atomic E-state index is 13.2. The van der Waals surface area contributed by atoms with Crippen molar-refractivity contribution >= 4 is 17.0 Å². The van der Waals surface area contributed by atoms with Crippen molar-refractivity contribution in [3.8, 4) is 0 Å². The first-order valence-corrected chi connectivity index (χ1v) is 6.44. The molecule has 0 spiro atoms. The zero-order valence-electron chi connectivity index (χ0n) is 9.99. The van der Waals surface area contributed by atoms with Crippen molar-refractivity contribution in [1.29, 1.82) is 0 Å². The molecule has 2 aromatic rings. The van der Waals surface area contributed by atoms with E-state index in [1.54, 1.807) is 6.07 Å². The van der Waals surface area contributed by atoms with Gasteiger partial charge < -0.3 is 15.2 Å². The number of benzene rings is 1. The molecule has 0 aliphatic carbocycles. The lowest BCUT2D eigenvalue weighted by atomic mass is 10.1. The molecule has 3 heterocycles. The van der Waals surface area contributed by atoms with E-state index in [1.165, 1.54) is 18.6 Å². The fraction of sp³-hybridized carbons (Fsp3) is 0.462. The summed E-state index contributed by atoms with van der Waals surface area (Å²) in [5, 5.41) is 3.42. The number of hydrogen-bond acceptors (Lipinski definition) is 3. The molecule has 2 aliphatic rings. The smallest absolute Gasteiger partial charge is 0.204 e. The van der Waals surface area contributed by atoms with Crippen LogP contribution in [-0.2, 0) is 0 Å². The zero-order valence-corrected chi connectivity index (χ0v) is 9.99. The maximum Gasteiger partial charge on any atom is 0.204 e. The predicted octanol–water partition coefficient (Wildman–Crippen LogP) is 1.50. The summed E-state index contributed by atoms with van der Waals surface area (Å²) in [6.45, 7) is 3.17. The van der Waals surface area contributed by atoms with Gasteiger partial charge in [0.1, 0.15) is 5.82 Å². The van der Waals surface area contributed by atoms with E-state index in [4.69, 9.17) is 0 Å². The van der Waals surface area contributed by atoms with Crippen molar-refractivity contribution in [2.24, 2.45) is 5.92 Å². The van der Waals surface area contributed by atoms with Crippen LogP contribution in [0.15, 0.2) is 18.2 Å². The summed E-state index contributed by atoms with van der Waals surface area (Å²) < 4.78 is 13.2. The lowest BCUT2D eigenvalue weighted by Crippen LogP contribution is -2.34. The number of anilines is 1. The molecule has 0 unspecified atom stereocenters. The van der Waals surface area contributed by atoms with Crippen molar-refractivity contribution < 1.29 is 4.39 Å². The van der Waals surface area contributed by atoms with Crippen molar-refractivity contribution in [1.82, 2.24) is 15.3 Å². The molecule has 2 fully saturated rings. The summed E-state index contributed by atoms with van der Waals surface area (Å²) in [5.74, 6) is 1.39. The van der Waals surface area contributed by atoms with E-state index in [9.17, 15) is 4.39 Å². The fourth-order valence-corrected chi connectivity index (χ4v) is 3.22. The van der Waals surface area contributed by atoms with Crippen LogP contribution in [0.4, 0.5) is 10.3 Å². The molecule has 0 amide bonds. The van der Waals surface area contributed by atoms with Crippen molar-refractivity contribution in [3.05, 3.63) is 24.0 Å². The lowest BCUT2D eigenvalue weighted by Gasteiger charge is -2.22. The highest BCUT2D eigenvalue weighted by Crippen LogP contribution is 2.31. The highest BCUT2D eigenvalue weighted by Gasteiger charge is 2.38. The Morgan fingerprint density at radius 2 is 2.28 bits per heavy atom. The fourth-order valence-electron chi connectivity index (χ4n) is 3.22. The number of nitrogens with one attached hydrogen (secondary N) is 2. The van der Waals surface area contributed by atoms with Gasteiger partial charge in [0.15, 0.2) is 0 Å². The highest BCUT2D eigenvalue weighted by atomic mass is 19.1. The Bertz CT molecular complexity index is 594. The number of halogens is 1. The molecular formula is C13H15FN4. The highest BCUT2D eigenvalue weighted by molar-refractivity contribution is 5.77. The quantitative estimate of drug-likeness (QED) is 0.801. The molecule has 18 heavy (non-hydrogen) atoms. The van der Waals surface area contributed by atoms with Gasteiger partial charge in [-0.3, -0.25) is 0 Å². The second kappa shape index (κ2) is 3.68. The average molecular weight is 246 g/mol. The summed E-state index contributed by atoms with van der Waals surface area (Å²) in [6, 6.07) is 5.23. The van der Waals surface area contributed by atoms with Gasteiger partial charge in [0.05, 0.1) is 11.0 Å². The van der Waals surface area contributed by atoms with Crippen LogP contribution < -0.4 is 10.2 Å².